The highest BCUT2D eigenvalue weighted by Crippen LogP contribution is 2.37. The van der Waals surface area contributed by atoms with Gasteiger partial charge in [0.05, 0.1) is 11.4 Å². The maximum atomic E-state index is 6.21. The number of imidazole rings is 1. The van der Waals surface area contributed by atoms with Crippen molar-refractivity contribution in [3.63, 3.8) is 0 Å². The van der Waals surface area contributed by atoms with E-state index >= 15 is 0 Å². The van der Waals surface area contributed by atoms with Crippen molar-refractivity contribution in [2.45, 2.75) is 0 Å². The largest absolute Gasteiger partial charge is 0.337 e. The van der Waals surface area contributed by atoms with Gasteiger partial charge in [-0.05, 0) is 60.7 Å². The van der Waals surface area contributed by atoms with E-state index in [2.05, 4.69) is 4.98 Å². The van der Waals surface area contributed by atoms with Gasteiger partial charge in [0, 0.05) is 41.8 Å². The van der Waals surface area contributed by atoms with E-state index in [1.54, 1.807) is 12.1 Å². The third kappa shape index (κ3) is 4.17. The molecule has 0 amide bonds. The van der Waals surface area contributed by atoms with Gasteiger partial charge in [-0.25, -0.2) is 4.98 Å². The number of hydrogen-bond acceptors (Lipinski definition) is 1. The monoisotopic (exact) mass is 466 g/mol. The zero-order valence-electron chi connectivity index (χ0n) is 14.1. The van der Waals surface area contributed by atoms with Gasteiger partial charge in [0.25, 0.3) is 0 Å². The average molecular weight is 469 g/mol. The van der Waals surface area contributed by atoms with Gasteiger partial charge in [0.2, 0.25) is 0 Å². The van der Waals surface area contributed by atoms with Crippen LogP contribution in [0.25, 0.3) is 33.9 Å². The molecule has 28 heavy (non-hydrogen) atoms. The summed E-state index contributed by atoms with van der Waals surface area (Å²) in [4.78, 5) is 8.16. The Balaban J connectivity index is 1.95. The SMILES string of the molecule is Clc1ccc(-c2nc(-c3cc(Cl)cc(Cl)c3)c(-c3cc(Cl)cc(Cl)c3)[nH]2)cc1. The normalized spacial score (nSPS) is 11.0. The van der Waals surface area contributed by atoms with Crippen molar-refractivity contribution in [1.29, 1.82) is 0 Å². The molecule has 0 spiro atoms. The first-order valence-electron chi connectivity index (χ1n) is 8.18. The number of rotatable bonds is 3. The molecule has 0 fully saturated rings. The second kappa shape index (κ2) is 7.98. The summed E-state index contributed by atoms with van der Waals surface area (Å²) in [5.41, 5.74) is 3.91. The van der Waals surface area contributed by atoms with Crippen LogP contribution in [0.5, 0.6) is 0 Å². The van der Waals surface area contributed by atoms with E-state index in [0.717, 1.165) is 22.4 Å². The molecule has 0 aliphatic rings. The zero-order valence-corrected chi connectivity index (χ0v) is 17.9. The van der Waals surface area contributed by atoms with Crippen LogP contribution >= 0.6 is 58.0 Å². The molecule has 1 aromatic heterocycles. The van der Waals surface area contributed by atoms with E-state index in [4.69, 9.17) is 63.0 Å². The molecule has 0 saturated heterocycles. The molecule has 0 radical (unpaired) electrons. The molecule has 0 aliphatic carbocycles. The van der Waals surface area contributed by atoms with Crippen molar-refractivity contribution < 1.29 is 0 Å². The van der Waals surface area contributed by atoms with Gasteiger partial charge in [-0.3, -0.25) is 0 Å². The van der Waals surface area contributed by atoms with E-state index in [9.17, 15) is 0 Å². The summed E-state index contributed by atoms with van der Waals surface area (Å²) in [6.45, 7) is 0. The van der Waals surface area contributed by atoms with E-state index in [0.29, 0.717) is 36.6 Å². The highest BCUT2D eigenvalue weighted by atomic mass is 35.5. The van der Waals surface area contributed by atoms with Gasteiger partial charge >= 0.3 is 0 Å². The van der Waals surface area contributed by atoms with Crippen LogP contribution in [0.2, 0.25) is 25.1 Å². The Hall–Kier alpha value is -1.68. The maximum Gasteiger partial charge on any atom is 0.138 e. The van der Waals surface area contributed by atoms with E-state index in [-0.39, 0.29) is 0 Å². The fraction of sp³-hybridized carbons (Fsp3) is 0. The molecule has 0 atom stereocenters. The number of aromatic nitrogens is 2. The predicted molar refractivity (Wildman–Crippen MR) is 120 cm³/mol. The first-order chi connectivity index (χ1) is 13.4. The van der Waals surface area contributed by atoms with Crippen LogP contribution in [0.4, 0.5) is 0 Å². The third-order valence-corrected chi connectivity index (χ3v) is 5.23. The molecule has 2 nitrogen and oxygen atoms in total. The van der Waals surface area contributed by atoms with E-state index in [1.165, 1.54) is 0 Å². The number of hydrogen-bond donors (Lipinski definition) is 1. The van der Waals surface area contributed by atoms with Crippen molar-refractivity contribution in [3.8, 4) is 33.9 Å². The van der Waals surface area contributed by atoms with Crippen molar-refractivity contribution >= 4 is 58.0 Å². The zero-order chi connectivity index (χ0) is 19.8. The van der Waals surface area contributed by atoms with Gasteiger partial charge < -0.3 is 4.98 Å². The molecule has 0 aliphatic heterocycles. The number of H-pyrrole nitrogens is 1. The van der Waals surface area contributed by atoms with E-state index in [1.807, 2.05) is 48.5 Å². The molecule has 3 aromatic carbocycles. The van der Waals surface area contributed by atoms with Crippen LogP contribution in [0, 0.1) is 0 Å². The van der Waals surface area contributed by atoms with Crippen LogP contribution in [0.3, 0.4) is 0 Å². The van der Waals surface area contributed by atoms with E-state index < -0.39 is 0 Å². The van der Waals surface area contributed by atoms with Crippen LogP contribution in [0.15, 0.2) is 60.7 Å². The number of nitrogens with zero attached hydrogens (tertiary/aromatic N) is 1. The lowest BCUT2D eigenvalue weighted by Crippen LogP contribution is -1.85. The third-order valence-electron chi connectivity index (χ3n) is 4.11. The Morgan fingerprint density at radius 3 is 1.57 bits per heavy atom. The lowest BCUT2D eigenvalue weighted by atomic mass is 10.1. The van der Waals surface area contributed by atoms with Crippen LogP contribution in [-0.4, -0.2) is 9.97 Å². The molecule has 7 heteroatoms. The summed E-state index contributed by atoms with van der Waals surface area (Å²) < 4.78 is 0. The maximum absolute atomic E-state index is 6.21. The second-order valence-electron chi connectivity index (χ2n) is 6.13. The Morgan fingerprint density at radius 1 is 0.536 bits per heavy atom. The lowest BCUT2D eigenvalue weighted by molar-refractivity contribution is 1.31. The molecule has 0 bridgehead atoms. The fourth-order valence-electron chi connectivity index (χ4n) is 2.92. The smallest absolute Gasteiger partial charge is 0.138 e. The van der Waals surface area contributed by atoms with Gasteiger partial charge in [0.1, 0.15) is 5.82 Å². The Labute approximate surface area is 187 Å². The molecule has 4 aromatic rings. The molecular weight excluding hydrogens is 458 g/mol. The van der Waals surface area contributed by atoms with Gasteiger partial charge in [-0.15, -0.1) is 0 Å². The van der Waals surface area contributed by atoms with Crippen molar-refractivity contribution in [3.05, 3.63) is 85.8 Å². The Kier molecular flexibility index (Phi) is 5.59. The van der Waals surface area contributed by atoms with Crippen LogP contribution in [0.1, 0.15) is 0 Å². The first kappa shape index (κ1) is 19.6. The Morgan fingerprint density at radius 2 is 1.04 bits per heavy atom. The molecule has 140 valence electrons. The highest BCUT2D eigenvalue weighted by Gasteiger charge is 2.17. The minimum Gasteiger partial charge on any atom is -0.337 e. The molecular formula is C21H11Cl5N2. The molecule has 4 rings (SSSR count). The van der Waals surface area contributed by atoms with Gasteiger partial charge in [0.15, 0.2) is 0 Å². The standard InChI is InChI=1S/C21H11Cl5N2/c22-14-3-1-11(2-4-14)21-27-19(12-5-15(23)9-16(24)6-12)20(28-21)13-7-17(25)10-18(26)8-13/h1-10H,(H,27,28). The fourth-order valence-corrected chi connectivity index (χ4v) is 4.10. The minimum absolute atomic E-state index is 0.522. The number of benzene rings is 3. The average Bonchev–Trinajstić information content (AvgIpc) is 3.06. The first-order valence-corrected chi connectivity index (χ1v) is 10.1. The number of nitrogens with one attached hydrogen (secondary N) is 1. The van der Waals surface area contributed by atoms with Crippen LogP contribution in [-0.2, 0) is 0 Å². The summed E-state index contributed by atoms with van der Waals surface area (Å²) in [5.74, 6) is 0.675. The molecule has 1 heterocycles. The number of halogens is 5. The van der Waals surface area contributed by atoms with Crippen molar-refractivity contribution in [2.75, 3.05) is 0 Å². The minimum atomic E-state index is 0.522. The lowest BCUT2D eigenvalue weighted by Gasteiger charge is -2.06. The second-order valence-corrected chi connectivity index (χ2v) is 8.31. The predicted octanol–water partition coefficient (Wildman–Crippen LogP) is 8.68. The van der Waals surface area contributed by atoms with Crippen molar-refractivity contribution in [2.24, 2.45) is 0 Å². The summed E-state index contributed by atoms with van der Waals surface area (Å²) in [5, 5.41) is 2.75. The summed E-state index contributed by atoms with van der Waals surface area (Å²) in [7, 11) is 0. The van der Waals surface area contributed by atoms with Gasteiger partial charge in [-0.2, -0.15) is 0 Å². The van der Waals surface area contributed by atoms with Gasteiger partial charge in [-0.1, -0.05) is 58.0 Å². The van der Waals surface area contributed by atoms with Crippen molar-refractivity contribution in [1.82, 2.24) is 9.97 Å². The quantitative estimate of drug-likeness (QED) is 0.320. The topological polar surface area (TPSA) is 28.7 Å². The molecule has 0 unspecified atom stereocenters. The molecule has 1 N–H and O–H groups in total. The highest BCUT2D eigenvalue weighted by molar-refractivity contribution is 6.35. The number of aromatic amines is 1. The summed E-state index contributed by atoms with van der Waals surface area (Å²) in [6, 6.07) is 18.0. The summed E-state index contributed by atoms with van der Waals surface area (Å²) in [6.07, 6.45) is 0. The molecule has 0 saturated carbocycles. The Bertz CT molecular complexity index is 1060. The summed E-state index contributed by atoms with van der Waals surface area (Å²) >= 11 is 30.9. The van der Waals surface area contributed by atoms with Crippen LogP contribution < -0.4 is 0 Å².